The first kappa shape index (κ1) is 14.4. The van der Waals surface area contributed by atoms with Gasteiger partial charge >= 0.3 is 0 Å². The number of benzene rings is 1. The van der Waals surface area contributed by atoms with E-state index in [0.717, 1.165) is 0 Å². The van der Waals surface area contributed by atoms with Crippen LogP contribution in [-0.4, -0.2) is 40.1 Å². The average molecular weight is 275 g/mol. The van der Waals surface area contributed by atoms with Crippen LogP contribution in [0.25, 0.3) is 0 Å². The predicted octanol–water partition coefficient (Wildman–Crippen LogP) is 2.14. The topological polar surface area (TPSA) is 54.0 Å². The first-order valence-corrected chi connectivity index (χ1v) is 5.64. The lowest BCUT2D eigenvalue weighted by Crippen LogP contribution is -2.08. The summed E-state index contributed by atoms with van der Waals surface area (Å²) >= 11 is 5.58. The molecule has 0 N–H and O–H groups in total. The van der Waals surface area contributed by atoms with Gasteiger partial charge in [-0.1, -0.05) is 0 Å². The summed E-state index contributed by atoms with van der Waals surface area (Å²) in [6.45, 7) is 0. The van der Waals surface area contributed by atoms with E-state index >= 15 is 0 Å². The zero-order valence-corrected chi connectivity index (χ0v) is 11.5. The monoisotopic (exact) mass is 274 g/mol. The van der Waals surface area contributed by atoms with E-state index in [1.165, 1.54) is 28.4 Å². The lowest BCUT2D eigenvalue weighted by Gasteiger charge is -2.17. The van der Waals surface area contributed by atoms with Gasteiger partial charge in [0.05, 0.1) is 34.3 Å². The van der Waals surface area contributed by atoms with E-state index in [4.69, 9.17) is 30.5 Å². The van der Waals surface area contributed by atoms with E-state index < -0.39 is 0 Å². The minimum absolute atomic E-state index is 0.178. The average Bonchev–Trinajstić information content (AvgIpc) is 2.43. The number of ether oxygens (including phenoxy) is 4. The van der Waals surface area contributed by atoms with E-state index in [9.17, 15) is 4.79 Å². The van der Waals surface area contributed by atoms with Crippen LogP contribution < -0.4 is 18.9 Å². The fraction of sp³-hybridized carbons (Fsp3) is 0.417. The Hall–Kier alpha value is -1.62. The van der Waals surface area contributed by atoms with Gasteiger partial charge in [-0.25, -0.2) is 0 Å². The van der Waals surface area contributed by atoms with Gasteiger partial charge in [-0.3, -0.25) is 4.79 Å². The van der Waals surface area contributed by atoms with Crippen molar-refractivity contribution in [1.29, 1.82) is 0 Å². The Morgan fingerprint density at radius 3 is 1.94 bits per heavy atom. The number of rotatable bonds is 6. The second kappa shape index (κ2) is 6.35. The van der Waals surface area contributed by atoms with Crippen LogP contribution in [0.3, 0.4) is 0 Å². The van der Waals surface area contributed by atoms with Crippen molar-refractivity contribution in [3.05, 3.63) is 11.6 Å². The van der Waals surface area contributed by atoms with E-state index in [1.807, 2.05) is 0 Å². The van der Waals surface area contributed by atoms with Crippen LogP contribution in [0.2, 0.25) is 0 Å². The van der Waals surface area contributed by atoms with Crippen molar-refractivity contribution in [2.24, 2.45) is 0 Å². The number of methoxy groups -OCH3 is 4. The highest BCUT2D eigenvalue weighted by atomic mass is 35.5. The van der Waals surface area contributed by atoms with Gasteiger partial charge in [-0.15, -0.1) is 11.6 Å². The number of carbonyl (C=O) groups is 1. The van der Waals surface area contributed by atoms with Gasteiger partial charge in [0.15, 0.2) is 17.3 Å². The Bertz CT molecular complexity index is 445. The molecule has 1 rings (SSSR count). The Morgan fingerprint density at radius 2 is 1.56 bits per heavy atom. The fourth-order valence-corrected chi connectivity index (χ4v) is 1.76. The molecular weight excluding hydrogens is 260 g/mol. The van der Waals surface area contributed by atoms with Gasteiger partial charge < -0.3 is 18.9 Å². The Balaban J connectivity index is 3.60. The molecule has 0 unspecified atom stereocenters. The van der Waals surface area contributed by atoms with Crippen LogP contribution >= 0.6 is 11.6 Å². The lowest BCUT2D eigenvalue weighted by molar-refractivity contribution is 0.101. The third kappa shape index (κ3) is 2.46. The molecule has 0 aliphatic heterocycles. The van der Waals surface area contributed by atoms with E-state index in [2.05, 4.69) is 0 Å². The van der Waals surface area contributed by atoms with Gasteiger partial charge in [0, 0.05) is 6.07 Å². The number of hydrogen-bond acceptors (Lipinski definition) is 5. The van der Waals surface area contributed by atoms with Gasteiger partial charge in [-0.05, 0) is 0 Å². The molecule has 0 aromatic heterocycles. The maximum absolute atomic E-state index is 11.9. The molecule has 0 bridgehead atoms. The SMILES string of the molecule is COc1cc(OC)c(C(=O)CCl)c(OC)c1OC. The van der Waals surface area contributed by atoms with E-state index in [-0.39, 0.29) is 23.0 Å². The molecular formula is C12H15ClO5. The molecule has 0 aliphatic carbocycles. The maximum Gasteiger partial charge on any atom is 0.204 e. The number of halogens is 1. The molecule has 1 aromatic carbocycles. The predicted molar refractivity (Wildman–Crippen MR) is 67.7 cm³/mol. The van der Waals surface area contributed by atoms with Crippen molar-refractivity contribution < 1.29 is 23.7 Å². The first-order chi connectivity index (χ1) is 8.64. The number of carbonyl (C=O) groups excluding carboxylic acids is 1. The summed E-state index contributed by atoms with van der Waals surface area (Å²) < 4.78 is 20.7. The van der Waals surface area contributed by atoms with Crippen molar-refractivity contribution in [2.75, 3.05) is 34.3 Å². The molecule has 0 heterocycles. The maximum atomic E-state index is 11.9. The zero-order valence-electron chi connectivity index (χ0n) is 10.7. The Morgan fingerprint density at radius 1 is 1.00 bits per heavy atom. The second-order valence-corrected chi connectivity index (χ2v) is 3.55. The minimum atomic E-state index is -0.314. The standard InChI is InChI=1S/C12H15ClO5/c1-15-8-5-9(16-2)11(17-3)12(18-4)10(8)7(14)6-13/h5H,6H2,1-4H3. The molecule has 6 heteroatoms. The highest BCUT2D eigenvalue weighted by Crippen LogP contribution is 2.45. The molecule has 0 saturated carbocycles. The largest absolute Gasteiger partial charge is 0.496 e. The molecule has 0 saturated heterocycles. The molecule has 0 fully saturated rings. The van der Waals surface area contributed by atoms with Crippen molar-refractivity contribution in [3.63, 3.8) is 0 Å². The number of Topliss-reactive ketones (excluding diaryl/α,β-unsaturated/α-hetero) is 1. The summed E-state index contributed by atoms with van der Waals surface area (Å²) in [7, 11) is 5.83. The highest BCUT2D eigenvalue weighted by Gasteiger charge is 2.25. The zero-order chi connectivity index (χ0) is 13.7. The molecule has 0 atom stereocenters. The van der Waals surface area contributed by atoms with E-state index in [1.54, 1.807) is 6.07 Å². The van der Waals surface area contributed by atoms with Gasteiger partial charge in [0.25, 0.3) is 0 Å². The van der Waals surface area contributed by atoms with Crippen LogP contribution in [0.5, 0.6) is 23.0 Å². The molecule has 0 radical (unpaired) electrons. The number of alkyl halides is 1. The fourth-order valence-electron chi connectivity index (χ4n) is 1.63. The molecule has 100 valence electrons. The normalized spacial score (nSPS) is 9.83. The first-order valence-electron chi connectivity index (χ1n) is 5.10. The van der Waals surface area contributed by atoms with Crippen molar-refractivity contribution in [2.45, 2.75) is 0 Å². The van der Waals surface area contributed by atoms with E-state index in [0.29, 0.717) is 17.2 Å². The lowest BCUT2D eigenvalue weighted by atomic mass is 10.1. The summed E-state index contributed by atoms with van der Waals surface area (Å²) in [5.74, 6) is 0.828. The minimum Gasteiger partial charge on any atom is -0.496 e. The highest BCUT2D eigenvalue weighted by molar-refractivity contribution is 6.31. The third-order valence-corrected chi connectivity index (χ3v) is 2.66. The molecule has 0 spiro atoms. The Kier molecular flexibility index (Phi) is 5.09. The smallest absolute Gasteiger partial charge is 0.204 e. The summed E-state index contributed by atoms with van der Waals surface area (Å²) in [5.41, 5.74) is 0.243. The van der Waals surface area contributed by atoms with Crippen molar-refractivity contribution >= 4 is 17.4 Å². The van der Waals surface area contributed by atoms with Crippen molar-refractivity contribution in [1.82, 2.24) is 0 Å². The second-order valence-electron chi connectivity index (χ2n) is 3.28. The van der Waals surface area contributed by atoms with Crippen LogP contribution in [0.4, 0.5) is 0 Å². The molecule has 0 aliphatic rings. The third-order valence-electron chi connectivity index (χ3n) is 2.41. The molecule has 18 heavy (non-hydrogen) atoms. The quantitative estimate of drug-likeness (QED) is 0.588. The number of hydrogen-bond donors (Lipinski definition) is 0. The molecule has 5 nitrogen and oxygen atoms in total. The molecule has 1 aromatic rings. The van der Waals surface area contributed by atoms with Crippen LogP contribution in [0.1, 0.15) is 10.4 Å². The summed E-state index contributed by atoms with van der Waals surface area (Å²) in [6, 6.07) is 1.56. The van der Waals surface area contributed by atoms with Crippen LogP contribution in [-0.2, 0) is 0 Å². The van der Waals surface area contributed by atoms with Gasteiger partial charge in [0.2, 0.25) is 5.75 Å². The number of ketones is 1. The van der Waals surface area contributed by atoms with Gasteiger partial charge in [-0.2, -0.15) is 0 Å². The van der Waals surface area contributed by atoms with Crippen LogP contribution in [0.15, 0.2) is 6.07 Å². The summed E-state index contributed by atoms with van der Waals surface area (Å²) in [5, 5.41) is 0. The van der Waals surface area contributed by atoms with Crippen molar-refractivity contribution in [3.8, 4) is 23.0 Å². The molecule has 0 amide bonds. The van der Waals surface area contributed by atoms with Crippen LogP contribution in [0, 0.1) is 0 Å². The summed E-state index contributed by atoms with van der Waals surface area (Å²) in [4.78, 5) is 11.9. The van der Waals surface area contributed by atoms with Gasteiger partial charge in [0.1, 0.15) is 11.3 Å². The Labute approximate surface area is 111 Å². The summed E-state index contributed by atoms with van der Waals surface area (Å²) in [6.07, 6.45) is 0.